The van der Waals surface area contributed by atoms with Crippen LogP contribution in [0.1, 0.15) is 11.1 Å². The van der Waals surface area contributed by atoms with E-state index in [-0.39, 0.29) is 6.61 Å². The summed E-state index contributed by atoms with van der Waals surface area (Å²) in [7, 11) is 1.88. The lowest BCUT2D eigenvalue weighted by Gasteiger charge is -2.17. The zero-order chi connectivity index (χ0) is 18.9. The van der Waals surface area contributed by atoms with Crippen LogP contribution in [-0.2, 0) is 9.59 Å². The van der Waals surface area contributed by atoms with Crippen LogP contribution < -0.4 is 15.6 Å². The monoisotopic (exact) mass is 354 g/mol. The molecular weight excluding hydrogens is 332 g/mol. The maximum absolute atomic E-state index is 11.8. The van der Waals surface area contributed by atoms with Gasteiger partial charge < -0.3 is 15.3 Å². The minimum atomic E-state index is -0.846. The highest BCUT2D eigenvalue weighted by Crippen LogP contribution is 2.12. The number of carbonyl (C=O) groups excluding carboxylic acids is 2. The van der Waals surface area contributed by atoms with Crippen molar-refractivity contribution in [3.63, 3.8) is 0 Å². The molecule has 26 heavy (non-hydrogen) atoms. The molecule has 136 valence electrons. The largest absolute Gasteiger partial charge is 0.395 e. The molecule has 7 nitrogen and oxygen atoms in total. The first-order valence-electron chi connectivity index (χ1n) is 8.12. The van der Waals surface area contributed by atoms with Gasteiger partial charge in [-0.05, 0) is 36.8 Å². The average molecular weight is 354 g/mol. The molecule has 7 heteroatoms. The molecule has 0 atom stereocenters. The van der Waals surface area contributed by atoms with Crippen molar-refractivity contribution >= 4 is 29.4 Å². The number of carbonyl (C=O) groups is 2. The second-order valence-corrected chi connectivity index (χ2v) is 5.76. The summed E-state index contributed by atoms with van der Waals surface area (Å²) in [4.78, 5) is 25.5. The highest BCUT2D eigenvalue weighted by atomic mass is 16.3. The first kappa shape index (κ1) is 19.1. The summed E-state index contributed by atoms with van der Waals surface area (Å²) in [6.07, 6.45) is 1.45. The number of likely N-dealkylation sites (N-methyl/N-ethyl adjacent to an activating group) is 1. The van der Waals surface area contributed by atoms with Gasteiger partial charge in [0.15, 0.2) is 0 Å². The van der Waals surface area contributed by atoms with E-state index in [2.05, 4.69) is 15.8 Å². The van der Waals surface area contributed by atoms with E-state index >= 15 is 0 Å². The van der Waals surface area contributed by atoms with Gasteiger partial charge in [-0.3, -0.25) is 9.59 Å². The summed E-state index contributed by atoms with van der Waals surface area (Å²) in [5, 5.41) is 15.2. The number of amides is 2. The van der Waals surface area contributed by atoms with Crippen LogP contribution in [0.15, 0.2) is 53.6 Å². The Labute approximate surface area is 152 Å². The summed E-state index contributed by atoms with van der Waals surface area (Å²) < 4.78 is 0. The Hall–Kier alpha value is -3.19. The van der Waals surface area contributed by atoms with Crippen molar-refractivity contribution in [1.82, 2.24) is 5.43 Å². The van der Waals surface area contributed by atoms with E-state index < -0.39 is 11.8 Å². The Balaban J connectivity index is 1.85. The van der Waals surface area contributed by atoms with E-state index in [1.807, 2.05) is 55.3 Å². The Morgan fingerprint density at radius 2 is 1.73 bits per heavy atom. The number of nitrogens with zero attached hydrogens (tertiary/aromatic N) is 2. The van der Waals surface area contributed by atoms with Crippen molar-refractivity contribution in [3.05, 3.63) is 59.7 Å². The molecule has 2 rings (SSSR count). The molecule has 0 heterocycles. The number of anilines is 2. The topological polar surface area (TPSA) is 94.0 Å². The lowest BCUT2D eigenvalue weighted by molar-refractivity contribution is -0.136. The molecule has 3 N–H and O–H groups in total. The molecule has 0 bridgehead atoms. The van der Waals surface area contributed by atoms with Crippen LogP contribution in [0.25, 0.3) is 0 Å². The van der Waals surface area contributed by atoms with Crippen LogP contribution in [0, 0.1) is 6.92 Å². The number of aryl methyl sites for hydroxylation is 1. The van der Waals surface area contributed by atoms with Crippen molar-refractivity contribution in [1.29, 1.82) is 0 Å². The molecule has 0 aliphatic rings. The van der Waals surface area contributed by atoms with E-state index in [9.17, 15) is 9.59 Å². The fourth-order valence-electron chi connectivity index (χ4n) is 2.13. The molecule has 0 saturated heterocycles. The van der Waals surface area contributed by atoms with Crippen LogP contribution in [0.2, 0.25) is 0 Å². The van der Waals surface area contributed by atoms with Crippen LogP contribution in [0.3, 0.4) is 0 Å². The summed E-state index contributed by atoms with van der Waals surface area (Å²) in [5.74, 6) is -1.63. The molecule has 0 fully saturated rings. The van der Waals surface area contributed by atoms with Gasteiger partial charge >= 0.3 is 11.8 Å². The third-order valence-electron chi connectivity index (χ3n) is 3.66. The highest BCUT2D eigenvalue weighted by Gasteiger charge is 2.12. The maximum atomic E-state index is 11.8. The number of aliphatic hydroxyl groups excluding tert-OH is 1. The fraction of sp³-hybridized carbons (Fsp3) is 0.211. The van der Waals surface area contributed by atoms with Gasteiger partial charge in [-0.15, -0.1) is 0 Å². The zero-order valence-corrected chi connectivity index (χ0v) is 14.8. The van der Waals surface area contributed by atoms with Gasteiger partial charge in [0.1, 0.15) is 0 Å². The smallest absolute Gasteiger partial charge is 0.329 e. The maximum Gasteiger partial charge on any atom is 0.329 e. The normalized spacial score (nSPS) is 10.6. The van der Waals surface area contributed by atoms with Gasteiger partial charge in [0.25, 0.3) is 0 Å². The molecule has 2 amide bonds. The molecule has 0 unspecified atom stereocenters. The molecule has 0 aliphatic carbocycles. The van der Waals surface area contributed by atoms with E-state index in [1.165, 1.54) is 6.21 Å². The van der Waals surface area contributed by atoms with E-state index in [0.717, 1.165) is 16.8 Å². The van der Waals surface area contributed by atoms with Crippen LogP contribution >= 0.6 is 0 Å². The molecule has 0 spiro atoms. The SMILES string of the molecule is Cc1ccc(NC(=O)C(=O)N/N=C\c2ccc(N(C)CCO)cc2)cc1. The zero-order valence-electron chi connectivity index (χ0n) is 14.8. The molecular formula is C19H22N4O3. The predicted molar refractivity (Wildman–Crippen MR) is 102 cm³/mol. The van der Waals surface area contributed by atoms with E-state index in [1.54, 1.807) is 12.1 Å². The van der Waals surface area contributed by atoms with Gasteiger partial charge in [0.05, 0.1) is 12.8 Å². The van der Waals surface area contributed by atoms with E-state index in [0.29, 0.717) is 12.2 Å². The minimum absolute atomic E-state index is 0.0798. The second-order valence-electron chi connectivity index (χ2n) is 5.76. The third kappa shape index (κ3) is 5.71. The van der Waals surface area contributed by atoms with Gasteiger partial charge in [0.2, 0.25) is 0 Å². The van der Waals surface area contributed by atoms with Gasteiger partial charge in [-0.1, -0.05) is 29.8 Å². The Kier molecular flexibility index (Phi) is 6.87. The fourth-order valence-corrected chi connectivity index (χ4v) is 2.13. The van der Waals surface area contributed by atoms with Crippen molar-refractivity contribution in [2.24, 2.45) is 5.10 Å². The lowest BCUT2D eigenvalue weighted by Crippen LogP contribution is -2.32. The van der Waals surface area contributed by atoms with Crippen LogP contribution in [-0.4, -0.2) is 43.3 Å². The van der Waals surface area contributed by atoms with Gasteiger partial charge in [-0.2, -0.15) is 5.10 Å². The first-order chi connectivity index (χ1) is 12.5. The summed E-state index contributed by atoms with van der Waals surface area (Å²) >= 11 is 0. The average Bonchev–Trinajstić information content (AvgIpc) is 2.64. The number of aliphatic hydroxyl groups is 1. The third-order valence-corrected chi connectivity index (χ3v) is 3.66. The molecule has 2 aromatic rings. The number of nitrogens with one attached hydrogen (secondary N) is 2. The van der Waals surface area contributed by atoms with Crippen LogP contribution in [0.5, 0.6) is 0 Å². The number of hydrazone groups is 1. The van der Waals surface area contributed by atoms with Crippen molar-refractivity contribution in [3.8, 4) is 0 Å². The minimum Gasteiger partial charge on any atom is -0.395 e. The number of rotatable bonds is 6. The molecule has 2 aromatic carbocycles. The number of hydrogen-bond donors (Lipinski definition) is 3. The summed E-state index contributed by atoms with van der Waals surface area (Å²) in [6, 6.07) is 14.5. The van der Waals surface area contributed by atoms with Crippen molar-refractivity contribution < 1.29 is 14.7 Å². The standard InChI is InChI=1S/C19H22N4O3/c1-14-3-7-16(8-4-14)21-18(25)19(26)22-20-13-15-5-9-17(10-6-15)23(2)11-12-24/h3-10,13,24H,11-12H2,1-2H3,(H,21,25)(H,22,26)/b20-13-. The Morgan fingerprint density at radius 3 is 2.35 bits per heavy atom. The second kappa shape index (κ2) is 9.33. The molecule has 0 aromatic heterocycles. The van der Waals surface area contributed by atoms with Crippen LogP contribution in [0.4, 0.5) is 11.4 Å². The van der Waals surface area contributed by atoms with Gasteiger partial charge in [0, 0.05) is 25.0 Å². The number of benzene rings is 2. The summed E-state index contributed by atoms with van der Waals surface area (Å²) in [5.41, 5.74) is 5.52. The van der Waals surface area contributed by atoms with Crippen molar-refractivity contribution in [2.75, 3.05) is 30.4 Å². The number of hydrogen-bond acceptors (Lipinski definition) is 5. The summed E-state index contributed by atoms with van der Waals surface area (Å²) in [6.45, 7) is 2.56. The Morgan fingerprint density at radius 1 is 1.08 bits per heavy atom. The van der Waals surface area contributed by atoms with Crippen molar-refractivity contribution in [2.45, 2.75) is 6.92 Å². The quantitative estimate of drug-likeness (QED) is 0.416. The Bertz CT molecular complexity index is 770. The molecule has 0 saturated carbocycles. The molecule has 0 aliphatic heterocycles. The lowest BCUT2D eigenvalue weighted by atomic mass is 10.2. The predicted octanol–water partition coefficient (Wildman–Crippen LogP) is 1.51. The van der Waals surface area contributed by atoms with E-state index in [4.69, 9.17) is 5.11 Å². The first-order valence-corrected chi connectivity index (χ1v) is 8.12. The van der Waals surface area contributed by atoms with Gasteiger partial charge in [-0.25, -0.2) is 5.43 Å². The molecule has 0 radical (unpaired) electrons. The highest BCUT2D eigenvalue weighted by molar-refractivity contribution is 6.39.